The monoisotopic (exact) mass is 289 g/mol. The van der Waals surface area contributed by atoms with Gasteiger partial charge in [0.05, 0.1) is 4.92 Å². The Morgan fingerprint density at radius 2 is 1.95 bits per heavy atom. The number of nitro groups is 1. The fourth-order valence-corrected chi connectivity index (χ4v) is 2.54. The van der Waals surface area contributed by atoms with Crippen LogP contribution in [-0.2, 0) is 0 Å². The number of hydrogen-bond acceptors (Lipinski definition) is 4. The molecule has 0 aliphatic carbocycles. The van der Waals surface area contributed by atoms with Gasteiger partial charge in [-0.1, -0.05) is 27.7 Å². The molecule has 114 valence electrons. The van der Waals surface area contributed by atoms with Crippen LogP contribution in [0.1, 0.15) is 46.1 Å². The summed E-state index contributed by atoms with van der Waals surface area (Å²) in [5.74, 6) is 0.478. The van der Waals surface area contributed by atoms with Crippen LogP contribution in [0, 0.1) is 27.4 Å². The fraction of sp³-hybridized carbons (Fsp3) is 0.562. The predicted octanol–water partition coefficient (Wildman–Crippen LogP) is 4.12. The zero-order valence-corrected chi connectivity index (χ0v) is 13.2. The highest BCUT2D eigenvalue weighted by Crippen LogP contribution is 2.27. The lowest BCUT2D eigenvalue weighted by Crippen LogP contribution is -2.37. The Balaban J connectivity index is 3.25. The Labute approximate surface area is 126 Å². The highest BCUT2D eigenvalue weighted by Gasteiger charge is 2.20. The number of nitrogens with zero attached hydrogens (tertiary/aromatic N) is 3. The first kappa shape index (κ1) is 17.0. The van der Waals surface area contributed by atoms with Crippen LogP contribution in [-0.4, -0.2) is 17.5 Å². The average molecular weight is 289 g/mol. The van der Waals surface area contributed by atoms with Gasteiger partial charge < -0.3 is 4.90 Å². The van der Waals surface area contributed by atoms with Crippen molar-refractivity contribution >= 4 is 11.4 Å². The molecule has 5 heteroatoms. The number of nitro benzene ring substituents is 1. The van der Waals surface area contributed by atoms with E-state index in [4.69, 9.17) is 5.26 Å². The van der Waals surface area contributed by atoms with Crippen LogP contribution in [0.3, 0.4) is 0 Å². The van der Waals surface area contributed by atoms with Crippen molar-refractivity contribution in [1.29, 1.82) is 5.26 Å². The summed E-state index contributed by atoms with van der Waals surface area (Å²) in [6.45, 7) is 9.43. The van der Waals surface area contributed by atoms with Gasteiger partial charge in [-0.05, 0) is 30.9 Å². The van der Waals surface area contributed by atoms with Crippen LogP contribution < -0.4 is 4.90 Å². The van der Waals surface area contributed by atoms with Crippen molar-refractivity contribution in [3.05, 3.63) is 33.9 Å². The molecule has 0 saturated heterocycles. The summed E-state index contributed by atoms with van der Waals surface area (Å²) < 4.78 is 0. The zero-order valence-electron chi connectivity index (χ0n) is 13.2. The molecule has 0 unspecified atom stereocenters. The molecule has 0 heterocycles. The average Bonchev–Trinajstić information content (AvgIpc) is 2.46. The Morgan fingerprint density at radius 3 is 2.38 bits per heavy atom. The number of nitriles is 1. The van der Waals surface area contributed by atoms with Gasteiger partial charge in [0.2, 0.25) is 0 Å². The quantitative estimate of drug-likeness (QED) is 0.559. The van der Waals surface area contributed by atoms with Crippen LogP contribution in [0.2, 0.25) is 0 Å². The molecule has 1 aromatic carbocycles. The van der Waals surface area contributed by atoms with E-state index in [0.717, 1.165) is 25.1 Å². The SMILES string of the molecule is CCC(CC)N(CC(C)C)c1ccc([N+](=O)[O-])c(C#N)c1. The van der Waals surface area contributed by atoms with E-state index in [9.17, 15) is 10.1 Å². The molecule has 21 heavy (non-hydrogen) atoms. The molecular weight excluding hydrogens is 266 g/mol. The van der Waals surface area contributed by atoms with Crippen molar-refractivity contribution in [3.8, 4) is 6.07 Å². The Hall–Kier alpha value is -2.09. The van der Waals surface area contributed by atoms with Crippen molar-refractivity contribution in [1.82, 2.24) is 0 Å². The lowest BCUT2D eigenvalue weighted by Gasteiger charge is -2.34. The maximum absolute atomic E-state index is 10.9. The van der Waals surface area contributed by atoms with Gasteiger partial charge in [-0.2, -0.15) is 5.26 Å². The van der Waals surface area contributed by atoms with Gasteiger partial charge in [-0.15, -0.1) is 0 Å². The van der Waals surface area contributed by atoms with Gasteiger partial charge in [0.25, 0.3) is 5.69 Å². The van der Waals surface area contributed by atoms with Crippen molar-refractivity contribution in [2.75, 3.05) is 11.4 Å². The van der Waals surface area contributed by atoms with Gasteiger partial charge in [0.1, 0.15) is 11.6 Å². The van der Waals surface area contributed by atoms with Crippen LogP contribution in [0.5, 0.6) is 0 Å². The van der Waals surface area contributed by atoms with E-state index in [1.165, 1.54) is 6.07 Å². The first-order valence-corrected chi connectivity index (χ1v) is 7.39. The molecule has 0 aliphatic rings. The highest BCUT2D eigenvalue weighted by atomic mass is 16.6. The molecule has 0 atom stereocenters. The maximum Gasteiger partial charge on any atom is 0.287 e. The molecule has 0 bridgehead atoms. The molecule has 0 amide bonds. The van der Waals surface area contributed by atoms with Crippen LogP contribution in [0.25, 0.3) is 0 Å². The summed E-state index contributed by atoms with van der Waals surface area (Å²) in [7, 11) is 0. The number of benzene rings is 1. The second-order valence-corrected chi connectivity index (χ2v) is 5.59. The summed E-state index contributed by atoms with van der Waals surface area (Å²) >= 11 is 0. The molecule has 1 rings (SSSR count). The summed E-state index contributed by atoms with van der Waals surface area (Å²) in [6.07, 6.45) is 2.00. The zero-order chi connectivity index (χ0) is 16.0. The van der Waals surface area contributed by atoms with Crippen molar-refractivity contribution in [3.63, 3.8) is 0 Å². The predicted molar refractivity (Wildman–Crippen MR) is 84.4 cm³/mol. The molecule has 0 spiro atoms. The number of anilines is 1. The lowest BCUT2D eigenvalue weighted by atomic mass is 10.0. The third kappa shape index (κ3) is 4.19. The van der Waals surface area contributed by atoms with Crippen molar-refractivity contribution in [2.24, 2.45) is 5.92 Å². The molecule has 0 saturated carbocycles. The summed E-state index contributed by atoms with van der Waals surface area (Å²) in [6, 6.07) is 7.13. The second-order valence-electron chi connectivity index (χ2n) is 5.59. The molecule has 5 nitrogen and oxygen atoms in total. The molecule has 0 aromatic heterocycles. The third-order valence-corrected chi connectivity index (χ3v) is 3.57. The third-order valence-electron chi connectivity index (χ3n) is 3.57. The lowest BCUT2D eigenvalue weighted by molar-refractivity contribution is -0.385. The van der Waals surface area contributed by atoms with E-state index < -0.39 is 4.92 Å². The minimum atomic E-state index is -0.508. The standard InChI is InChI=1S/C16H23N3O2/c1-5-14(6-2)18(11-12(3)4)15-7-8-16(19(20)21)13(9-15)10-17/h7-9,12,14H,5-6,11H2,1-4H3. The van der Waals surface area contributed by atoms with Crippen molar-refractivity contribution in [2.45, 2.75) is 46.6 Å². The Kier molecular flexibility index (Phi) is 6.16. The number of hydrogen-bond donors (Lipinski definition) is 0. The fourth-order valence-electron chi connectivity index (χ4n) is 2.54. The summed E-state index contributed by atoms with van der Waals surface area (Å²) in [5.41, 5.74) is 0.882. The van der Waals surface area contributed by atoms with Gasteiger partial charge >= 0.3 is 0 Å². The normalized spacial score (nSPS) is 10.7. The van der Waals surface area contributed by atoms with E-state index in [0.29, 0.717) is 12.0 Å². The summed E-state index contributed by atoms with van der Waals surface area (Å²) in [4.78, 5) is 12.7. The minimum Gasteiger partial charge on any atom is -0.368 e. The van der Waals surface area contributed by atoms with E-state index in [1.807, 2.05) is 6.07 Å². The molecule has 1 aromatic rings. The first-order chi connectivity index (χ1) is 9.94. The number of rotatable bonds is 7. The smallest absolute Gasteiger partial charge is 0.287 e. The maximum atomic E-state index is 10.9. The van der Waals surface area contributed by atoms with Crippen molar-refractivity contribution < 1.29 is 4.92 Å². The van der Waals surface area contributed by atoms with Gasteiger partial charge in [-0.25, -0.2) is 0 Å². The van der Waals surface area contributed by atoms with E-state index >= 15 is 0 Å². The second kappa shape index (κ2) is 7.63. The summed E-state index contributed by atoms with van der Waals surface area (Å²) in [5, 5.41) is 20.1. The topological polar surface area (TPSA) is 70.2 Å². The van der Waals surface area contributed by atoms with Crippen LogP contribution in [0.4, 0.5) is 11.4 Å². The first-order valence-electron chi connectivity index (χ1n) is 7.39. The molecular formula is C16H23N3O2. The molecule has 0 radical (unpaired) electrons. The molecule has 0 aliphatic heterocycles. The van der Waals surface area contributed by atoms with Crippen LogP contribution in [0.15, 0.2) is 18.2 Å². The highest BCUT2D eigenvalue weighted by molar-refractivity contribution is 5.60. The Bertz CT molecular complexity index is 531. The minimum absolute atomic E-state index is 0.122. The van der Waals surface area contributed by atoms with Crippen LogP contribution >= 0.6 is 0 Å². The largest absolute Gasteiger partial charge is 0.368 e. The van der Waals surface area contributed by atoms with E-state index in [2.05, 4.69) is 32.6 Å². The molecule has 0 N–H and O–H groups in total. The van der Waals surface area contributed by atoms with Gasteiger partial charge in [0, 0.05) is 24.3 Å². The van der Waals surface area contributed by atoms with Gasteiger partial charge in [0.15, 0.2) is 0 Å². The Morgan fingerprint density at radius 1 is 1.33 bits per heavy atom. The van der Waals surface area contributed by atoms with E-state index in [1.54, 1.807) is 12.1 Å². The van der Waals surface area contributed by atoms with E-state index in [-0.39, 0.29) is 11.3 Å². The molecule has 0 fully saturated rings. The van der Waals surface area contributed by atoms with Gasteiger partial charge in [-0.3, -0.25) is 10.1 Å².